The molecule has 7 nitrogen and oxygen atoms in total. The molecule has 17 heavy (non-hydrogen) atoms. The Morgan fingerprint density at radius 1 is 1.65 bits per heavy atom. The molecule has 0 bridgehead atoms. The quantitative estimate of drug-likeness (QED) is 0.513. The van der Waals surface area contributed by atoms with Gasteiger partial charge in [0.1, 0.15) is 13.5 Å². The molecule has 0 saturated carbocycles. The second-order valence-electron chi connectivity index (χ2n) is 3.48. The molecular formula is C8H11N5O2S2. The Kier molecular flexibility index (Phi) is 3.82. The summed E-state index contributed by atoms with van der Waals surface area (Å²) < 4.78 is 6.07. The molecule has 0 atom stereocenters. The number of aromatic amines is 1. The number of nitrogens with one attached hydrogen (secondary N) is 1. The van der Waals surface area contributed by atoms with E-state index in [1.54, 1.807) is 11.9 Å². The molecule has 0 radical (unpaired) electrons. The third-order valence-electron chi connectivity index (χ3n) is 2.21. The van der Waals surface area contributed by atoms with E-state index in [1.807, 2.05) is 11.1 Å². The van der Waals surface area contributed by atoms with Gasteiger partial charge >= 0.3 is 0 Å². The van der Waals surface area contributed by atoms with E-state index in [-0.39, 0.29) is 0 Å². The minimum absolute atomic E-state index is 0.378. The van der Waals surface area contributed by atoms with Gasteiger partial charge in [-0.2, -0.15) is 0 Å². The number of H-pyrrole nitrogens is 1. The molecule has 0 unspecified atom stereocenters. The van der Waals surface area contributed by atoms with Crippen LogP contribution in [-0.2, 0) is 11.3 Å². The summed E-state index contributed by atoms with van der Waals surface area (Å²) in [7, 11) is 1.79. The standard InChI is InChI=1S/C8H11N5O2S2/c1-12-4-15-5-13(7(12)10-11-14)3-6-2-9-8(16)17-6/h2H,3-5H2,1H3,(H,9,16)/b10-7+. The highest BCUT2D eigenvalue weighted by molar-refractivity contribution is 7.73. The lowest BCUT2D eigenvalue weighted by Gasteiger charge is -2.35. The molecule has 1 saturated heterocycles. The van der Waals surface area contributed by atoms with Crippen LogP contribution in [0.25, 0.3) is 0 Å². The lowest BCUT2D eigenvalue weighted by atomic mass is 10.5. The van der Waals surface area contributed by atoms with E-state index in [0.29, 0.717) is 26.0 Å². The molecule has 9 heteroatoms. The van der Waals surface area contributed by atoms with Gasteiger partial charge in [0.2, 0.25) is 5.96 Å². The zero-order chi connectivity index (χ0) is 12.3. The zero-order valence-corrected chi connectivity index (χ0v) is 10.8. The number of hydrogen-bond acceptors (Lipinski definition) is 5. The fourth-order valence-corrected chi connectivity index (χ4v) is 2.60. The molecule has 1 N–H and O–H groups in total. The van der Waals surface area contributed by atoms with Crippen LogP contribution in [0.3, 0.4) is 0 Å². The number of nitrogens with zero attached hydrogens (tertiary/aromatic N) is 4. The van der Waals surface area contributed by atoms with Crippen LogP contribution in [-0.4, -0.2) is 41.3 Å². The number of guanidine groups is 1. The van der Waals surface area contributed by atoms with E-state index >= 15 is 0 Å². The summed E-state index contributed by atoms with van der Waals surface area (Å²) >= 11 is 6.49. The molecule has 0 aliphatic carbocycles. The number of rotatable bonds is 3. The summed E-state index contributed by atoms with van der Waals surface area (Å²) in [6.45, 7) is 1.35. The van der Waals surface area contributed by atoms with Crippen LogP contribution < -0.4 is 0 Å². The maximum atomic E-state index is 10.3. The van der Waals surface area contributed by atoms with Crippen molar-refractivity contribution < 1.29 is 4.74 Å². The Morgan fingerprint density at radius 3 is 3.12 bits per heavy atom. The van der Waals surface area contributed by atoms with Gasteiger partial charge in [0.05, 0.1) is 11.8 Å². The smallest absolute Gasteiger partial charge is 0.228 e. The average molecular weight is 273 g/mol. The Hall–Kier alpha value is -1.32. The molecule has 1 aliphatic heterocycles. The molecular weight excluding hydrogens is 262 g/mol. The van der Waals surface area contributed by atoms with Crippen LogP contribution in [0, 0.1) is 8.86 Å². The third-order valence-corrected chi connectivity index (χ3v) is 3.39. The molecule has 0 aromatic carbocycles. The lowest BCUT2D eigenvalue weighted by molar-refractivity contribution is -0.0210. The monoisotopic (exact) mass is 273 g/mol. The summed E-state index contributed by atoms with van der Waals surface area (Å²) in [4.78, 5) is 17.8. The third kappa shape index (κ3) is 2.87. The lowest BCUT2D eigenvalue weighted by Crippen LogP contribution is -2.49. The number of hydrogen-bond donors (Lipinski definition) is 1. The maximum Gasteiger partial charge on any atom is 0.228 e. The fourth-order valence-electron chi connectivity index (χ4n) is 1.52. The van der Waals surface area contributed by atoms with Gasteiger partial charge < -0.3 is 19.5 Å². The van der Waals surface area contributed by atoms with Gasteiger partial charge in [-0.25, -0.2) is 0 Å². The first-order valence-electron chi connectivity index (χ1n) is 4.82. The Bertz CT molecular complexity index is 482. The number of ether oxygens (including phenoxy) is 1. The van der Waals surface area contributed by atoms with Crippen molar-refractivity contribution in [2.75, 3.05) is 20.5 Å². The Morgan fingerprint density at radius 2 is 2.47 bits per heavy atom. The average Bonchev–Trinajstić information content (AvgIpc) is 2.69. The normalized spacial score (nSPS) is 18.8. The summed E-state index contributed by atoms with van der Waals surface area (Å²) in [5.74, 6) is 0.505. The van der Waals surface area contributed by atoms with Crippen LogP contribution in [0.5, 0.6) is 0 Å². The minimum atomic E-state index is 0.378. The Labute approximate surface area is 107 Å². The molecule has 2 heterocycles. The van der Waals surface area contributed by atoms with Crippen molar-refractivity contribution in [2.24, 2.45) is 10.4 Å². The number of aromatic nitrogens is 1. The van der Waals surface area contributed by atoms with Gasteiger partial charge in [-0.05, 0) is 12.2 Å². The van der Waals surface area contributed by atoms with Crippen LogP contribution in [0.4, 0.5) is 0 Å². The van der Waals surface area contributed by atoms with Gasteiger partial charge in [-0.3, -0.25) is 0 Å². The predicted octanol–water partition coefficient (Wildman–Crippen LogP) is 1.52. The first-order valence-corrected chi connectivity index (χ1v) is 6.04. The minimum Gasteiger partial charge on any atom is -0.343 e. The SMILES string of the molecule is CN1COCN(Cc2c[nH]c(=S)s2)/C1=N/N=O. The van der Waals surface area contributed by atoms with Crippen molar-refractivity contribution in [2.45, 2.75) is 6.54 Å². The van der Waals surface area contributed by atoms with Crippen LogP contribution >= 0.6 is 23.6 Å². The Balaban J connectivity index is 2.15. The van der Waals surface area contributed by atoms with E-state index in [0.717, 1.165) is 8.83 Å². The maximum absolute atomic E-state index is 10.3. The van der Waals surface area contributed by atoms with Crippen molar-refractivity contribution in [1.29, 1.82) is 0 Å². The highest BCUT2D eigenvalue weighted by atomic mass is 32.1. The molecule has 1 aromatic rings. The number of thiazole rings is 1. The second-order valence-corrected chi connectivity index (χ2v) is 5.29. The first-order chi connectivity index (χ1) is 8.20. The fraction of sp³-hybridized carbons (Fsp3) is 0.500. The van der Waals surface area contributed by atoms with Crippen molar-refractivity contribution in [1.82, 2.24) is 14.8 Å². The van der Waals surface area contributed by atoms with Crippen molar-refractivity contribution in [3.8, 4) is 0 Å². The van der Waals surface area contributed by atoms with Crippen molar-refractivity contribution in [3.05, 3.63) is 19.9 Å². The van der Waals surface area contributed by atoms with Gasteiger partial charge in [-0.15, -0.1) is 16.2 Å². The van der Waals surface area contributed by atoms with E-state index < -0.39 is 0 Å². The highest BCUT2D eigenvalue weighted by Gasteiger charge is 2.22. The van der Waals surface area contributed by atoms with Crippen LogP contribution in [0.1, 0.15) is 4.88 Å². The van der Waals surface area contributed by atoms with Gasteiger partial charge in [-0.1, -0.05) is 5.10 Å². The first kappa shape index (κ1) is 12.1. The molecule has 2 rings (SSSR count). The predicted molar refractivity (Wildman–Crippen MR) is 66.9 cm³/mol. The van der Waals surface area contributed by atoms with Gasteiger partial charge in [0.15, 0.2) is 3.95 Å². The van der Waals surface area contributed by atoms with E-state index in [1.165, 1.54) is 11.3 Å². The largest absolute Gasteiger partial charge is 0.343 e. The summed E-state index contributed by atoms with van der Waals surface area (Å²) in [6, 6.07) is 0. The summed E-state index contributed by atoms with van der Waals surface area (Å²) in [6.07, 6.45) is 1.84. The summed E-state index contributed by atoms with van der Waals surface area (Å²) in [5, 5.41) is 6.16. The van der Waals surface area contributed by atoms with E-state index in [9.17, 15) is 4.91 Å². The van der Waals surface area contributed by atoms with Crippen LogP contribution in [0.15, 0.2) is 16.6 Å². The summed E-state index contributed by atoms with van der Waals surface area (Å²) in [5.41, 5.74) is 0. The van der Waals surface area contributed by atoms with Gasteiger partial charge in [0, 0.05) is 18.1 Å². The topological polar surface area (TPSA) is 73.3 Å². The number of nitroso groups, excluding NO2 is 1. The molecule has 1 aliphatic rings. The molecule has 1 aromatic heterocycles. The molecule has 0 spiro atoms. The van der Waals surface area contributed by atoms with E-state index in [4.69, 9.17) is 17.0 Å². The van der Waals surface area contributed by atoms with Crippen LogP contribution in [0.2, 0.25) is 0 Å². The van der Waals surface area contributed by atoms with Gasteiger partial charge in [0.25, 0.3) is 0 Å². The molecule has 1 fully saturated rings. The molecule has 0 amide bonds. The van der Waals surface area contributed by atoms with Crippen molar-refractivity contribution >= 4 is 29.5 Å². The van der Waals surface area contributed by atoms with Crippen molar-refractivity contribution in [3.63, 3.8) is 0 Å². The molecule has 92 valence electrons. The highest BCUT2D eigenvalue weighted by Crippen LogP contribution is 2.15. The second kappa shape index (κ2) is 5.34. The zero-order valence-electron chi connectivity index (χ0n) is 9.12. The van der Waals surface area contributed by atoms with E-state index in [2.05, 4.69) is 15.4 Å².